The van der Waals surface area contributed by atoms with Gasteiger partial charge in [0.15, 0.2) is 0 Å². The molecule has 0 saturated heterocycles. The third-order valence-corrected chi connectivity index (χ3v) is 2.61. The number of anilines is 1. The number of carboxylic acid groups (broad SMARTS) is 1. The van der Waals surface area contributed by atoms with Crippen LogP contribution in [0.4, 0.5) is 5.69 Å². The lowest BCUT2D eigenvalue weighted by Crippen LogP contribution is -2.18. The summed E-state index contributed by atoms with van der Waals surface area (Å²) in [5.74, 6) is -1.33. The molecule has 0 fully saturated rings. The van der Waals surface area contributed by atoms with Crippen LogP contribution in [0.5, 0.6) is 5.75 Å². The highest BCUT2D eigenvalue weighted by Crippen LogP contribution is 2.23. The zero-order chi connectivity index (χ0) is 14.5. The fraction of sp³-hybridized carbons (Fsp3) is 0.0714. The third kappa shape index (κ3) is 2.74. The average molecular weight is 272 g/mol. The number of carbonyl (C=O) groups is 2. The molecule has 0 spiro atoms. The van der Waals surface area contributed by atoms with E-state index in [4.69, 9.17) is 9.84 Å². The Labute approximate surface area is 115 Å². The zero-order valence-corrected chi connectivity index (χ0v) is 10.7. The summed E-state index contributed by atoms with van der Waals surface area (Å²) in [5, 5.41) is 11.6. The first-order valence-electron chi connectivity index (χ1n) is 5.76. The highest BCUT2D eigenvalue weighted by molar-refractivity contribution is 6.09. The van der Waals surface area contributed by atoms with Crippen molar-refractivity contribution in [3.8, 4) is 5.75 Å². The quantitative estimate of drug-likeness (QED) is 0.889. The zero-order valence-electron chi connectivity index (χ0n) is 10.7. The van der Waals surface area contributed by atoms with E-state index >= 15 is 0 Å². The first-order valence-corrected chi connectivity index (χ1v) is 5.76. The molecule has 0 aliphatic heterocycles. The van der Waals surface area contributed by atoms with Crippen molar-refractivity contribution in [3.05, 3.63) is 53.9 Å². The van der Waals surface area contributed by atoms with Gasteiger partial charge in [0, 0.05) is 6.20 Å². The molecule has 0 atom stereocenters. The molecule has 102 valence electrons. The molecule has 0 unspecified atom stereocenters. The number of ether oxygens (including phenoxy) is 1. The van der Waals surface area contributed by atoms with Gasteiger partial charge in [0.2, 0.25) is 0 Å². The maximum Gasteiger partial charge on any atom is 0.338 e. The molecule has 1 aromatic heterocycles. The Bertz CT molecular complexity index is 655. The first-order chi connectivity index (χ1) is 9.63. The molecular weight excluding hydrogens is 260 g/mol. The second kappa shape index (κ2) is 5.83. The predicted molar refractivity (Wildman–Crippen MR) is 72.1 cm³/mol. The van der Waals surface area contributed by atoms with Crippen LogP contribution < -0.4 is 10.1 Å². The van der Waals surface area contributed by atoms with Crippen LogP contribution in [-0.4, -0.2) is 29.1 Å². The van der Waals surface area contributed by atoms with Gasteiger partial charge in [-0.3, -0.25) is 9.78 Å². The molecule has 0 radical (unpaired) electrons. The Balaban J connectivity index is 2.31. The number of aromatic carboxylic acids is 1. The van der Waals surface area contributed by atoms with Crippen molar-refractivity contribution in [1.29, 1.82) is 0 Å². The summed E-state index contributed by atoms with van der Waals surface area (Å²) >= 11 is 0. The highest BCUT2D eigenvalue weighted by atomic mass is 16.5. The van der Waals surface area contributed by atoms with E-state index in [0.29, 0.717) is 11.4 Å². The number of nitrogens with one attached hydrogen (secondary N) is 1. The summed E-state index contributed by atoms with van der Waals surface area (Å²) in [6.45, 7) is 0. The van der Waals surface area contributed by atoms with Gasteiger partial charge in [0.25, 0.3) is 5.91 Å². The maximum atomic E-state index is 12.1. The number of rotatable bonds is 4. The number of nitrogens with zero attached hydrogens (tertiary/aromatic N) is 1. The maximum absolute atomic E-state index is 12.1. The smallest absolute Gasteiger partial charge is 0.338 e. The van der Waals surface area contributed by atoms with E-state index in [1.165, 1.54) is 25.4 Å². The molecule has 2 N–H and O–H groups in total. The first kappa shape index (κ1) is 13.5. The summed E-state index contributed by atoms with van der Waals surface area (Å²) < 4.78 is 5.11. The Morgan fingerprint density at radius 2 is 1.95 bits per heavy atom. The Kier molecular flexibility index (Phi) is 3.95. The minimum Gasteiger partial charge on any atom is -0.495 e. The van der Waals surface area contributed by atoms with Crippen molar-refractivity contribution in [1.82, 2.24) is 4.98 Å². The van der Waals surface area contributed by atoms with Crippen LogP contribution in [0.15, 0.2) is 42.6 Å². The SMILES string of the molecule is COc1ccccc1NC(=O)c1ncccc1C(=O)O. The van der Waals surface area contributed by atoms with Gasteiger partial charge in [-0.2, -0.15) is 0 Å². The minimum absolute atomic E-state index is 0.147. The summed E-state index contributed by atoms with van der Waals surface area (Å²) in [5.41, 5.74) is 0.146. The predicted octanol–water partition coefficient (Wildman–Crippen LogP) is 2.04. The molecule has 2 aromatic rings. The van der Waals surface area contributed by atoms with Crippen LogP contribution in [-0.2, 0) is 0 Å². The Hall–Kier alpha value is -2.89. The fourth-order valence-corrected chi connectivity index (χ4v) is 1.69. The molecule has 0 aliphatic rings. The lowest BCUT2D eigenvalue weighted by molar-refractivity contribution is 0.0691. The Morgan fingerprint density at radius 3 is 2.65 bits per heavy atom. The summed E-state index contributed by atoms with van der Waals surface area (Å²) in [6.07, 6.45) is 1.36. The number of carbonyl (C=O) groups excluding carboxylic acids is 1. The number of hydrogen-bond acceptors (Lipinski definition) is 4. The van der Waals surface area contributed by atoms with Gasteiger partial charge in [0.1, 0.15) is 11.4 Å². The molecule has 1 heterocycles. The van der Waals surface area contributed by atoms with Gasteiger partial charge >= 0.3 is 5.97 Å². The van der Waals surface area contributed by atoms with E-state index in [2.05, 4.69) is 10.3 Å². The second-order valence-corrected chi connectivity index (χ2v) is 3.86. The fourth-order valence-electron chi connectivity index (χ4n) is 1.69. The van der Waals surface area contributed by atoms with Crippen LogP contribution in [0.2, 0.25) is 0 Å². The van der Waals surface area contributed by atoms with Crippen molar-refractivity contribution in [2.24, 2.45) is 0 Å². The van der Waals surface area contributed by atoms with Gasteiger partial charge in [0.05, 0.1) is 18.4 Å². The largest absolute Gasteiger partial charge is 0.495 e. The lowest BCUT2D eigenvalue weighted by atomic mass is 10.2. The van der Waals surface area contributed by atoms with Crippen LogP contribution >= 0.6 is 0 Å². The van der Waals surface area contributed by atoms with Crippen molar-refractivity contribution < 1.29 is 19.4 Å². The number of pyridine rings is 1. The Morgan fingerprint density at radius 1 is 1.20 bits per heavy atom. The summed E-state index contributed by atoms with van der Waals surface area (Å²) in [4.78, 5) is 27.0. The molecule has 0 bridgehead atoms. The molecule has 6 nitrogen and oxygen atoms in total. The van der Waals surface area contributed by atoms with E-state index in [-0.39, 0.29) is 11.3 Å². The number of carboxylic acids is 1. The molecule has 2 rings (SSSR count). The molecular formula is C14H12N2O4. The van der Waals surface area contributed by atoms with E-state index < -0.39 is 11.9 Å². The summed E-state index contributed by atoms with van der Waals surface area (Å²) in [7, 11) is 1.48. The lowest BCUT2D eigenvalue weighted by Gasteiger charge is -2.10. The minimum atomic E-state index is -1.21. The third-order valence-electron chi connectivity index (χ3n) is 2.61. The number of hydrogen-bond donors (Lipinski definition) is 2. The molecule has 1 amide bonds. The van der Waals surface area contributed by atoms with Crippen LogP contribution in [0.25, 0.3) is 0 Å². The topological polar surface area (TPSA) is 88.5 Å². The molecule has 0 saturated carbocycles. The molecule has 6 heteroatoms. The number of benzene rings is 1. The van der Waals surface area contributed by atoms with Crippen LogP contribution in [0, 0.1) is 0 Å². The molecule has 0 aliphatic carbocycles. The van der Waals surface area contributed by atoms with Gasteiger partial charge in [-0.15, -0.1) is 0 Å². The van der Waals surface area contributed by atoms with Crippen LogP contribution in [0.1, 0.15) is 20.8 Å². The van der Waals surface area contributed by atoms with Crippen molar-refractivity contribution in [2.75, 3.05) is 12.4 Å². The normalized spacial score (nSPS) is 9.85. The monoisotopic (exact) mass is 272 g/mol. The summed E-state index contributed by atoms with van der Waals surface area (Å²) in [6, 6.07) is 9.62. The van der Waals surface area contributed by atoms with E-state index in [9.17, 15) is 9.59 Å². The number of aromatic nitrogens is 1. The van der Waals surface area contributed by atoms with Gasteiger partial charge in [-0.25, -0.2) is 4.79 Å². The second-order valence-electron chi connectivity index (χ2n) is 3.86. The highest BCUT2D eigenvalue weighted by Gasteiger charge is 2.18. The standard InChI is InChI=1S/C14H12N2O4/c1-20-11-7-3-2-6-10(11)16-13(17)12-9(14(18)19)5-4-8-15-12/h2-8H,1H3,(H,16,17)(H,18,19). The van der Waals surface area contributed by atoms with E-state index in [1.807, 2.05) is 0 Å². The average Bonchev–Trinajstić information content (AvgIpc) is 2.47. The van der Waals surface area contributed by atoms with E-state index in [1.54, 1.807) is 24.3 Å². The van der Waals surface area contributed by atoms with Gasteiger partial charge in [-0.1, -0.05) is 12.1 Å². The van der Waals surface area contributed by atoms with E-state index in [0.717, 1.165) is 0 Å². The number of para-hydroxylation sites is 2. The van der Waals surface area contributed by atoms with Gasteiger partial charge in [-0.05, 0) is 24.3 Å². The molecule has 20 heavy (non-hydrogen) atoms. The van der Waals surface area contributed by atoms with Crippen molar-refractivity contribution in [3.63, 3.8) is 0 Å². The number of amides is 1. The van der Waals surface area contributed by atoms with Gasteiger partial charge < -0.3 is 15.2 Å². The van der Waals surface area contributed by atoms with Crippen molar-refractivity contribution >= 4 is 17.6 Å². The molecule has 1 aromatic carbocycles. The van der Waals surface area contributed by atoms with Crippen molar-refractivity contribution in [2.45, 2.75) is 0 Å². The number of methoxy groups -OCH3 is 1. The van der Waals surface area contributed by atoms with Crippen LogP contribution in [0.3, 0.4) is 0 Å².